The zero-order valence-electron chi connectivity index (χ0n) is 20.2. The molecule has 0 fully saturated rings. The minimum atomic E-state index is -0.710. The van der Waals surface area contributed by atoms with Crippen molar-refractivity contribution in [2.24, 2.45) is 0 Å². The molecule has 4 rings (SSSR count). The first-order chi connectivity index (χ1) is 16.8. The Labute approximate surface area is 204 Å². The van der Waals surface area contributed by atoms with E-state index in [0.717, 1.165) is 11.3 Å². The van der Waals surface area contributed by atoms with Crippen molar-refractivity contribution in [1.82, 2.24) is 19.8 Å². The zero-order chi connectivity index (χ0) is 24.9. The van der Waals surface area contributed by atoms with Crippen molar-refractivity contribution in [3.8, 4) is 5.75 Å². The van der Waals surface area contributed by atoms with Crippen LogP contribution in [0, 0.1) is 6.92 Å². The monoisotopic (exact) mass is 481 g/mol. The molecule has 0 radical (unpaired) electrons. The fourth-order valence-corrected chi connectivity index (χ4v) is 3.93. The Morgan fingerprint density at radius 1 is 1.14 bits per heavy atom. The number of aryl methyl sites for hydroxylation is 1. The number of aliphatic hydroxyl groups excluding tert-OH is 1. The fourth-order valence-electron chi connectivity index (χ4n) is 3.93. The molecule has 3 heterocycles. The number of carbonyl (C=O) groups excluding carboxylic acids is 2. The third-order valence-corrected chi connectivity index (χ3v) is 5.99. The summed E-state index contributed by atoms with van der Waals surface area (Å²) in [5, 5.41) is 19.6. The molecule has 2 aliphatic rings. The summed E-state index contributed by atoms with van der Waals surface area (Å²) in [5.74, 6) is 1.28. The SMILES string of the molecule is Cc1ccc2cc1OCC(O)CN(C)CCC(=O)N(C)CCNc1ncnc3c1/C(=C/N2)C(=O)N3. The van der Waals surface area contributed by atoms with Crippen LogP contribution < -0.4 is 20.7 Å². The molecule has 35 heavy (non-hydrogen) atoms. The van der Waals surface area contributed by atoms with Crippen molar-refractivity contribution in [1.29, 1.82) is 0 Å². The van der Waals surface area contributed by atoms with Crippen molar-refractivity contribution in [3.05, 3.63) is 41.9 Å². The molecule has 2 aliphatic heterocycles. The van der Waals surface area contributed by atoms with Gasteiger partial charge in [-0.25, -0.2) is 9.97 Å². The number of nitrogens with zero attached hydrogens (tertiary/aromatic N) is 4. The first-order valence-electron chi connectivity index (χ1n) is 11.5. The lowest BCUT2D eigenvalue weighted by Crippen LogP contribution is -2.37. The second kappa shape index (κ2) is 10.7. The minimum Gasteiger partial charge on any atom is -0.490 e. The van der Waals surface area contributed by atoms with Gasteiger partial charge in [-0.2, -0.15) is 0 Å². The molecule has 1 aromatic carbocycles. The molecule has 2 bridgehead atoms. The van der Waals surface area contributed by atoms with Gasteiger partial charge in [0.25, 0.3) is 5.91 Å². The fraction of sp³-hybridized carbons (Fsp3) is 0.417. The molecule has 11 nitrogen and oxygen atoms in total. The van der Waals surface area contributed by atoms with E-state index in [2.05, 4.69) is 25.9 Å². The number of anilines is 3. The molecule has 1 aromatic heterocycles. The molecular weight excluding hydrogens is 450 g/mol. The number of aromatic nitrogens is 2. The third kappa shape index (κ3) is 5.87. The lowest BCUT2D eigenvalue weighted by Gasteiger charge is -2.23. The summed E-state index contributed by atoms with van der Waals surface area (Å²) in [6.45, 7) is 3.86. The summed E-state index contributed by atoms with van der Waals surface area (Å²) in [7, 11) is 3.62. The van der Waals surface area contributed by atoms with Crippen LogP contribution in [0.4, 0.5) is 17.3 Å². The van der Waals surface area contributed by atoms with E-state index in [1.165, 1.54) is 6.33 Å². The maximum Gasteiger partial charge on any atom is 0.259 e. The van der Waals surface area contributed by atoms with E-state index in [9.17, 15) is 14.7 Å². The number of hydrogen-bond donors (Lipinski definition) is 4. The topological polar surface area (TPSA) is 132 Å². The number of hydrogen-bond acceptors (Lipinski definition) is 9. The largest absolute Gasteiger partial charge is 0.490 e. The zero-order valence-corrected chi connectivity index (χ0v) is 20.2. The Hall–Kier alpha value is -3.70. The van der Waals surface area contributed by atoms with Crippen molar-refractivity contribution in [2.45, 2.75) is 19.4 Å². The van der Waals surface area contributed by atoms with Gasteiger partial charge in [0.05, 0.1) is 11.1 Å². The van der Waals surface area contributed by atoms with E-state index in [4.69, 9.17) is 4.74 Å². The van der Waals surface area contributed by atoms with Crippen LogP contribution in [0.3, 0.4) is 0 Å². The minimum absolute atomic E-state index is 0.000722. The molecule has 2 aromatic rings. The normalized spacial score (nSPS) is 21.5. The number of carbonyl (C=O) groups is 2. The van der Waals surface area contributed by atoms with Crippen LogP contribution in [-0.4, -0.2) is 89.7 Å². The number of benzene rings is 1. The van der Waals surface area contributed by atoms with E-state index in [0.29, 0.717) is 61.1 Å². The number of amides is 2. The maximum absolute atomic E-state index is 12.7. The second-order valence-electron chi connectivity index (χ2n) is 8.80. The van der Waals surface area contributed by atoms with E-state index in [1.54, 1.807) is 18.1 Å². The number of aliphatic hydroxyl groups is 1. The predicted octanol–water partition coefficient (Wildman–Crippen LogP) is 1.14. The third-order valence-electron chi connectivity index (χ3n) is 5.99. The van der Waals surface area contributed by atoms with Crippen LogP contribution in [0.15, 0.2) is 30.7 Å². The number of rotatable bonds is 0. The van der Waals surface area contributed by atoms with Gasteiger partial charge in [-0.15, -0.1) is 0 Å². The first-order valence-corrected chi connectivity index (χ1v) is 11.5. The summed E-state index contributed by atoms with van der Waals surface area (Å²) < 4.78 is 5.88. The standard InChI is InChI=1S/C24H31N7O4/c1-15-4-5-16-10-19(15)35-13-17(32)12-30(2)8-6-20(33)31(3)9-7-25-22-21-18(11-26-16)24(34)29-23(21)28-14-27-22/h4-5,10-11,14,17,26,32H,6-9,12-13H2,1-3H3,(H2,25,27,28,29,34)/b18-11-. The lowest BCUT2D eigenvalue weighted by molar-refractivity contribution is -0.130. The molecular formula is C24H31N7O4. The number of β-amino-alcohol motifs (C(OH)–C–C–N with tert-alkyl or cyclic N) is 1. The van der Waals surface area contributed by atoms with E-state index in [-0.39, 0.29) is 18.4 Å². The van der Waals surface area contributed by atoms with E-state index in [1.807, 2.05) is 37.1 Å². The molecule has 4 N–H and O–H groups in total. The van der Waals surface area contributed by atoms with Gasteiger partial charge in [-0.3, -0.25) is 9.59 Å². The molecule has 0 spiro atoms. The van der Waals surface area contributed by atoms with Crippen LogP contribution in [0.1, 0.15) is 17.5 Å². The van der Waals surface area contributed by atoms with Crippen LogP contribution >= 0.6 is 0 Å². The Bertz CT molecular complexity index is 1140. The quantitative estimate of drug-likeness (QED) is 0.437. The highest BCUT2D eigenvalue weighted by Crippen LogP contribution is 2.34. The second-order valence-corrected chi connectivity index (χ2v) is 8.80. The molecule has 1 atom stereocenters. The van der Waals surface area contributed by atoms with Gasteiger partial charge in [-0.1, -0.05) is 6.07 Å². The van der Waals surface area contributed by atoms with Gasteiger partial charge in [0.1, 0.15) is 36.4 Å². The number of nitrogens with one attached hydrogen (secondary N) is 3. The summed E-state index contributed by atoms with van der Waals surface area (Å²) in [4.78, 5) is 37.3. The highest BCUT2D eigenvalue weighted by molar-refractivity contribution is 6.32. The van der Waals surface area contributed by atoms with Gasteiger partial charge in [0.15, 0.2) is 0 Å². The molecule has 0 saturated heterocycles. The number of fused-ring (bicyclic) bond motifs is 2. The van der Waals surface area contributed by atoms with E-state index >= 15 is 0 Å². The average molecular weight is 482 g/mol. The van der Waals surface area contributed by atoms with Crippen molar-refractivity contribution in [2.75, 3.05) is 62.8 Å². The van der Waals surface area contributed by atoms with Gasteiger partial charge < -0.3 is 35.6 Å². The van der Waals surface area contributed by atoms with Gasteiger partial charge >= 0.3 is 0 Å². The highest BCUT2D eigenvalue weighted by Gasteiger charge is 2.29. The van der Waals surface area contributed by atoms with Gasteiger partial charge in [0, 0.05) is 57.6 Å². The summed E-state index contributed by atoms with van der Waals surface area (Å²) in [5.41, 5.74) is 2.61. The molecule has 2 amide bonds. The van der Waals surface area contributed by atoms with Crippen LogP contribution in [-0.2, 0) is 9.59 Å². The van der Waals surface area contributed by atoms with Crippen LogP contribution in [0.5, 0.6) is 5.75 Å². The van der Waals surface area contributed by atoms with Crippen molar-refractivity contribution >= 4 is 34.7 Å². The summed E-state index contributed by atoms with van der Waals surface area (Å²) in [6, 6.07) is 5.61. The Morgan fingerprint density at radius 2 is 1.94 bits per heavy atom. The lowest BCUT2D eigenvalue weighted by atomic mass is 10.1. The van der Waals surface area contributed by atoms with Gasteiger partial charge in [-0.05, 0) is 25.6 Å². The first kappa shape index (κ1) is 24.4. The predicted molar refractivity (Wildman–Crippen MR) is 133 cm³/mol. The Morgan fingerprint density at radius 3 is 2.77 bits per heavy atom. The molecule has 1 unspecified atom stereocenters. The average Bonchev–Trinajstić information content (AvgIpc) is 3.16. The van der Waals surface area contributed by atoms with Crippen LogP contribution in [0.2, 0.25) is 0 Å². The molecule has 11 heteroatoms. The molecule has 0 saturated carbocycles. The van der Waals surface area contributed by atoms with Crippen molar-refractivity contribution in [3.63, 3.8) is 0 Å². The maximum atomic E-state index is 12.7. The summed E-state index contributed by atoms with van der Waals surface area (Å²) >= 11 is 0. The summed E-state index contributed by atoms with van der Waals surface area (Å²) in [6.07, 6.45) is 2.63. The molecule has 0 aliphatic carbocycles. The number of likely N-dealkylation sites (N-methyl/N-ethyl adjacent to an activating group) is 2. The molecule has 186 valence electrons. The Balaban J connectivity index is 1.63. The van der Waals surface area contributed by atoms with Gasteiger partial charge in [0.2, 0.25) is 5.91 Å². The van der Waals surface area contributed by atoms with Crippen LogP contribution in [0.25, 0.3) is 5.57 Å². The Kier molecular flexibility index (Phi) is 7.47. The van der Waals surface area contributed by atoms with Crippen molar-refractivity contribution < 1.29 is 19.4 Å². The smallest absolute Gasteiger partial charge is 0.259 e. The number of ether oxygens (including phenoxy) is 1. The highest BCUT2D eigenvalue weighted by atomic mass is 16.5. The van der Waals surface area contributed by atoms with E-state index < -0.39 is 6.10 Å².